The number of para-hydroxylation sites is 1. The number of carbonyl (C=O) groups excluding carboxylic acids is 2. The molecule has 136 valence electrons. The van der Waals surface area contributed by atoms with Crippen molar-refractivity contribution in [1.82, 2.24) is 10.5 Å². The van der Waals surface area contributed by atoms with Gasteiger partial charge in [-0.1, -0.05) is 53.7 Å². The molecule has 1 N–H and O–H groups in total. The van der Waals surface area contributed by atoms with Crippen LogP contribution in [0, 0.1) is 5.92 Å². The molecule has 0 spiro atoms. The summed E-state index contributed by atoms with van der Waals surface area (Å²) in [5, 5.41) is 6.86. The summed E-state index contributed by atoms with van der Waals surface area (Å²) in [6.45, 7) is 0.661. The standard InChI is InChI=1S/C21H19N3O3/c25-20-11-16(14-24(20)18-9-5-2-6-10-18)21(26)22-13-17-12-19(27-23-17)15-7-3-1-4-8-15/h1-10,12,16H,11,13-14H2,(H,22,26). The van der Waals surface area contributed by atoms with Crippen molar-refractivity contribution in [3.63, 3.8) is 0 Å². The second-order valence-corrected chi connectivity index (χ2v) is 6.51. The molecule has 6 heteroatoms. The summed E-state index contributed by atoms with van der Waals surface area (Å²) in [5.41, 5.74) is 2.40. The molecule has 1 saturated heterocycles. The maximum atomic E-state index is 12.5. The van der Waals surface area contributed by atoms with Crippen molar-refractivity contribution < 1.29 is 14.1 Å². The van der Waals surface area contributed by atoms with Gasteiger partial charge < -0.3 is 14.7 Å². The number of nitrogens with zero attached hydrogens (tertiary/aromatic N) is 2. The second kappa shape index (κ2) is 7.45. The van der Waals surface area contributed by atoms with E-state index in [9.17, 15) is 9.59 Å². The molecule has 1 aliphatic heterocycles. The molecule has 3 aromatic rings. The predicted molar refractivity (Wildman–Crippen MR) is 101 cm³/mol. The maximum Gasteiger partial charge on any atom is 0.227 e. The third kappa shape index (κ3) is 3.74. The van der Waals surface area contributed by atoms with E-state index >= 15 is 0 Å². The van der Waals surface area contributed by atoms with Gasteiger partial charge in [-0.25, -0.2) is 0 Å². The Bertz CT molecular complexity index is 938. The van der Waals surface area contributed by atoms with Crippen LogP contribution in [0.2, 0.25) is 0 Å². The third-order valence-corrected chi connectivity index (χ3v) is 4.62. The van der Waals surface area contributed by atoms with Crippen LogP contribution < -0.4 is 10.2 Å². The van der Waals surface area contributed by atoms with E-state index in [1.807, 2.05) is 66.7 Å². The topological polar surface area (TPSA) is 75.4 Å². The van der Waals surface area contributed by atoms with Crippen LogP contribution in [-0.4, -0.2) is 23.5 Å². The first-order valence-corrected chi connectivity index (χ1v) is 8.85. The fraction of sp³-hybridized carbons (Fsp3) is 0.190. The lowest BCUT2D eigenvalue weighted by molar-refractivity contribution is -0.126. The Morgan fingerprint density at radius 1 is 1.11 bits per heavy atom. The summed E-state index contributed by atoms with van der Waals surface area (Å²) in [7, 11) is 0. The summed E-state index contributed by atoms with van der Waals surface area (Å²) in [6.07, 6.45) is 0.217. The van der Waals surface area contributed by atoms with Crippen molar-refractivity contribution in [3.8, 4) is 11.3 Å². The summed E-state index contributed by atoms with van der Waals surface area (Å²) >= 11 is 0. The molecular formula is C21H19N3O3. The zero-order chi connectivity index (χ0) is 18.6. The minimum absolute atomic E-state index is 0.0332. The van der Waals surface area contributed by atoms with Gasteiger partial charge in [0.2, 0.25) is 11.8 Å². The monoisotopic (exact) mass is 361 g/mol. The van der Waals surface area contributed by atoms with E-state index in [4.69, 9.17) is 4.52 Å². The highest BCUT2D eigenvalue weighted by Crippen LogP contribution is 2.25. The fourth-order valence-corrected chi connectivity index (χ4v) is 3.20. The molecule has 0 aliphatic carbocycles. The Balaban J connectivity index is 1.35. The highest BCUT2D eigenvalue weighted by molar-refractivity contribution is 6.00. The average molecular weight is 361 g/mol. The van der Waals surface area contributed by atoms with Crippen LogP contribution in [0.1, 0.15) is 12.1 Å². The first-order valence-electron chi connectivity index (χ1n) is 8.85. The minimum Gasteiger partial charge on any atom is -0.356 e. The van der Waals surface area contributed by atoms with Gasteiger partial charge in [-0.2, -0.15) is 0 Å². The molecule has 1 atom stereocenters. The molecule has 0 radical (unpaired) electrons. The summed E-state index contributed by atoms with van der Waals surface area (Å²) < 4.78 is 5.34. The number of anilines is 1. The molecular weight excluding hydrogens is 342 g/mol. The number of benzene rings is 2. The molecule has 0 bridgehead atoms. The number of carbonyl (C=O) groups is 2. The Morgan fingerprint density at radius 2 is 1.81 bits per heavy atom. The SMILES string of the molecule is O=C(NCc1cc(-c2ccccc2)on1)C1CC(=O)N(c2ccccc2)C1. The zero-order valence-corrected chi connectivity index (χ0v) is 14.7. The van der Waals surface area contributed by atoms with Gasteiger partial charge >= 0.3 is 0 Å². The molecule has 1 aromatic heterocycles. The van der Waals surface area contributed by atoms with Gasteiger partial charge in [-0.3, -0.25) is 9.59 Å². The summed E-state index contributed by atoms with van der Waals surface area (Å²) in [5.74, 6) is 0.115. The van der Waals surface area contributed by atoms with Gasteiger partial charge in [0.1, 0.15) is 5.69 Å². The van der Waals surface area contributed by atoms with E-state index in [2.05, 4.69) is 10.5 Å². The number of aromatic nitrogens is 1. The Labute approximate surface area is 156 Å². The van der Waals surface area contributed by atoms with E-state index in [-0.39, 0.29) is 30.7 Å². The highest BCUT2D eigenvalue weighted by Gasteiger charge is 2.34. The van der Waals surface area contributed by atoms with Crippen molar-refractivity contribution in [3.05, 3.63) is 72.4 Å². The van der Waals surface area contributed by atoms with Crippen LogP contribution in [0.25, 0.3) is 11.3 Å². The van der Waals surface area contributed by atoms with Crippen LogP contribution in [0.15, 0.2) is 71.3 Å². The number of hydrogen-bond acceptors (Lipinski definition) is 4. The number of hydrogen-bond donors (Lipinski definition) is 1. The molecule has 0 saturated carbocycles. The molecule has 1 unspecified atom stereocenters. The van der Waals surface area contributed by atoms with E-state index in [0.717, 1.165) is 11.3 Å². The number of rotatable bonds is 5. The van der Waals surface area contributed by atoms with Crippen molar-refractivity contribution in [2.75, 3.05) is 11.4 Å². The molecule has 27 heavy (non-hydrogen) atoms. The van der Waals surface area contributed by atoms with Gasteiger partial charge in [-0.15, -0.1) is 0 Å². The normalized spacial score (nSPS) is 16.5. The Kier molecular flexibility index (Phi) is 4.70. The molecule has 2 heterocycles. The quantitative estimate of drug-likeness (QED) is 0.758. The fourth-order valence-electron chi connectivity index (χ4n) is 3.20. The van der Waals surface area contributed by atoms with E-state index in [0.29, 0.717) is 18.0 Å². The second-order valence-electron chi connectivity index (χ2n) is 6.51. The summed E-state index contributed by atoms with van der Waals surface area (Å²) in [6, 6.07) is 20.9. The van der Waals surface area contributed by atoms with Crippen molar-refractivity contribution in [2.45, 2.75) is 13.0 Å². The lowest BCUT2D eigenvalue weighted by atomic mass is 10.1. The van der Waals surface area contributed by atoms with Gasteiger partial charge in [0.25, 0.3) is 0 Å². The van der Waals surface area contributed by atoms with Crippen molar-refractivity contribution in [1.29, 1.82) is 0 Å². The first kappa shape index (κ1) is 17.0. The molecule has 2 aromatic carbocycles. The third-order valence-electron chi connectivity index (χ3n) is 4.62. The molecule has 2 amide bonds. The largest absolute Gasteiger partial charge is 0.356 e. The van der Waals surface area contributed by atoms with E-state index in [1.54, 1.807) is 4.90 Å². The molecule has 1 aliphatic rings. The van der Waals surface area contributed by atoms with Crippen LogP contribution in [-0.2, 0) is 16.1 Å². The lowest BCUT2D eigenvalue weighted by Gasteiger charge is -2.16. The highest BCUT2D eigenvalue weighted by atomic mass is 16.5. The van der Waals surface area contributed by atoms with Crippen LogP contribution >= 0.6 is 0 Å². The van der Waals surface area contributed by atoms with Gasteiger partial charge in [0.15, 0.2) is 5.76 Å². The van der Waals surface area contributed by atoms with Crippen LogP contribution in [0.5, 0.6) is 0 Å². The number of amides is 2. The molecule has 6 nitrogen and oxygen atoms in total. The van der Waals surface area contributed by atoms with Gasteiger partial charge in [0, 0.05) is 30.3 Å². The van der Waals surface area contributed by atoms with Crippen molar-refractivity contribution in [2.24, 2.45) is 5.92 Å². The van der Waals surface area contributed by atoms with Gasteiger partial charge in [0.05, 0.1) is 12.5 Å². The lowest BCUT2D eigenvalue weighted by Crippen LogP contribution is -2.32. The molecule has 4 rings (SSSR count). The predicted octanol–water partition coefficient (Wildman–Crippen LogP) is 3.01. The Hall–Kier alpha value is -3.41. The average Bonchev–Trinajstić information content (AvgIpc) is 3.34. The van der Waals surface area contributed by atoms with Gasteiger partial charge in [-0.05, 0) is 12.1 Å². The zero-order valence-electron chi connectivity index (χ0n) is 14.7. The van der Waals surface area contributed by atoms with Crippen LogP contribution in [0.3, 0.4) is 0 Å². The van der Waals surface area contributed by atoms with Crippen molar-refractivity contribution >= 4 is 17.5 Å². The van der Waals surface area contributed by atoms with Crippen LogP contribution in [0.4, 0.5) is 5.69 Å². The van der Waals surface area contributed by atoms with E-state index < -0.39 is 0 Å². The van der Waals surface area contributed by atoms with E-state index in [1.165, 1.54) is 0 Å². The summed E-state index contributed by atoms with van der Waals surface area (Å²) in [4.78, 5) is 26.4. The smallest absolute Gasteiger partial charge is 0.227 e. The first-order chi connectivity index (χ1) is 13.2. The molecule has 1 fully saturated rings. The Morgan fingerprint density at radius 3 is 2.56 bits per heavy atom. The maximum absolute atomic E-state index is 12.5. The minimum atomic E-state index is -0.363. The number of nitrogens with one attached hydrogen (secondary N) is 1.